The summed E-state index contributed by atoms with van der Waals surface area (Å²) in [6.07, 6.45) is 1.23. The summed E-state index contributed by atoms with van der Waals surface area (Å²) in [5.41, 5.74) is 7.88. The van der Waals surface area contributed by atoms with E-state index in [1.807, 2.05) is 0 Å². The van der Waals surface area contributed by atoms with Crippen LogP contribution in [0.4, 0.5) is 8.78 Å². The molecule has 2 amide bonds. The Morgan fingerprint density at radius 3 is 2.55 bits per heavy atom. The fourth-order valence-electron chi connectivity index (χ4n) is 4.09. The zero-order valence-corrected chi connectivity index (χ0v) is 18.1. The molecule has 1 fully saturated rings. The van der Waals surface area contributed by atoms with E-state index in [1.165, 1.54) is 11.0 Å². The van der Waals surface area contributed by atoms with E-state index in [-0.39, 0.29) is 37.6 Å². The Morgan fingerprint density at radius 1 is 1.12 bits per heavy atom. The highest BCUT2D eigenvalue weighted by molar-refractivity contribution is 5.88. The fraction of sp³-hybridized carbons (Fsp3) is 0.375. The lowest BCUT2D eigenvalue weighted by molar-refractivity contribution is -0.138. The van der Waals surface area contributed by atoms with E-state index >= 15 is 0 Å². The molecule has 4 N–H and O–H groups in total. The Labute approximate surface area is 190 Å². The number of halogens is 2. The molecule has 0 aromatic heterocycles. The van der Waals surface area contributed by atoms with E-state index < -0.39 is 29.7 Å². The lowest BCUT2D eigenvalue weighted by Gasteiger charge is -2.25. The number of benzene rings is 2. The van der Waals surface area contributed by atoms with Crippen LogP contribution in [-0.2, 0) is 33.8 Å². The Hall–Kier alpha value is -3.33. The van der Waals surface area contributed by atoms with Gasteiger partial charge in [0.2, 0.25) is 11.8 Å². The van der Waals surface area contributed by atoms with Crippen LogP contribution in [0.3, 0.4) is 0 Å². The molecule has 2 atom stereocenters. The Bertz CT molecular complexity index is 1030. The summed E-state index contributed by atoms with van der Waals surface area (Å²) < 4.78 is 26.5. The van der Waals surface area contributed by atoms with Crippen LogP contribution in [0.5, 0.6) is 0 Å². The molecular formula is C24H27F2N3O4. The molecule has 1 aliphatic rings. The molecule has 1 heterocycles. The van der Waals surface area contributed by atoms with Crippen LogP contribution in [0, 0.1) is 11.6 Å². The van der Waals surface area contributed by atoms with Crippen molar-refractivity contribution in [3.05, 3.63) is 70.8 Å². The van der Waals surface area contributed by atoms with Crippen LogP contribution in [-0.4, -0.2) is 46.4 Å². The summed E-state index contributed by atoms with van der Waals surface area (Å²) in [6, 6.07) is 9.26. The number of amides is 2. The molecule has 33 heavy (non-hydrogen) atoms. The van der Waals surface area contributed by atoms with Gasteiger partial charge in [-0.05, 0) is 48.1 Å². The van der Waals surface area contributed by atoms with Crippen LogP contribution in [0.2, 0.25) is 0 Å². The van der Waals surface area contributed by atoms with Crippen molar-refractivity contribution < 1.29 is 28.3 Å². The molecule has 3 rings (SSSR count). The van der Waals surface area contributed by atoms with Gasteiger partial charge in [0, 0.05) is 25.6 Å². The van der Waals surface area contributed by atoms with Crippen LogP contribution in [0.1, 0.15) is 36.0 Å². The number of carboxylic acid groups (broad SMARTS) is 1. The van der Waals surface area contributed by atoms with E-state index in [0.717, 1.165) is 12.1 Å². The van der Waals surface area contributed by atoms with Gasteiger partial charge in [0.1, 0.15) is 6.04 Å². The smallest absolute Gasteiger partial charge is 0.307 e. The predicted molar refractivity (Wildman–Crippen MR) is 117 cm³/mol. The zero-order valence-electron chi connectivity index (χ0n) is 18.1. The Balaban J connectivity index is 1.56. The van der Waals surface area contributed by atoms with Gasteiger partial charge in [0.25, 0.3) is 0 Å². The number of carboxylic acids is 1. The van der Waals surface area contributed by atoms with Crippen molar-refractivity contribution in [2.24, 2.45) is 5.73 Å². The van der Waals surface area contributed by atoms with E-state index in [9.17, 15) is 23.2 Å². The summed E-state index contributed by atoms with van der Waals surface area (Å²) >= 11 is 0. The van der Waals surface area contributed by atoms with Crippen molar-refractivity contribution >= 4 is 17.8 Å². The van der Waals surface area contributed by atoms with E-state index in [2.05, 4.69) is 5.32 Å². The van der Waals surface area contributed by atoms with Gasteiger partial charge in [0.05, 0.1) is 6.42 Å². The summed E-state index contributed by atoms with van der Waals surface area (Å²) in [4.78, 5) is 38.1. The van der Waals surface area contributed by atoms with Gasteiger partial charge in [-0.25, -0.2) is 8.78 Å². The minimum absolute atomic E-state index is 0.0236. The van der Waals surface area contributed by atoms with Gasteiger partial charge in [-0.1, -0.05) is 30.3 Å². The third-order valence-electron chi connectivity index (χ3n) is 5.71. The van der Waals surface area contributed by atoms with Crippen LogP contribution in [0.25, 0.3) is 0 Å². The average Bonchev–Trinajstić information content (AvgIpc) is 3.25. The molecule has 2 aromatic carbocycles. The summed E-state index contributed by atoms with van der Waals surface area (Å²) in [5.74, 6) is -3.44. The molecule has 176 valence electrons. The molecule has 7 nitrogen and oxygen atoms in total. The molecular weight excluding hydrogens is 432 g/mol. The predicted octanol–water partition coefficient (Wildman–Crippen LogP) is 2.16. The number of carbonyl (C=O) groups excluding carboxylic acids is 2. The topological polar surface area (TPSA) is 113 Å². The molecule has 2 aromatic rings. The standard InChI is InChI=1S/C24H27F2N3O4/c25-19-8-7-15(11-20(19)26)10-18(27)13-22(30)29-9-3-6-21(29)24(33)28-14-17-5-2-1-4-16(17)12-23(31)32/h1-2,4-5,7-8,11,18,21H,3,6,9-10,12-14,27H2,(H,28,33)(H,31,32)/t18-,21+/m1/s1. The third-order valence-corrected chi connectivity index (χ3v) is 5.71. The Morgan fingerprint density at radius 2 is 1.85 bits per heavy atom. The molecule has 0 saturated carbocycles. The Kier molecular flexibility index (Phi) is 8.11. The second kappa shape index (κ2) is 11.0. The number of nitrogens with zero attached hydrogens (tertiary/aromatic N) is 1. The lowest BCUT2D eigenvalue weighted by atomic mass is 10.0. The van der Waals surface area contributed by atoms with Crippen molar-refractivity contribution in [1.29, 1.82) is 0 Å². The number of nitrogens with one attached hydrogen (secondary N) is 1. The first kappa shape index (κ1) is 24.3. The summed E-state index contributed by atoms with van der Waals surface area (Å²) in [6.45, 7) is 0.598. The van der Waals surface area contributed by atoms with E-state index in [0.29, 0.717) is 36.1 Å². The minimum Gasteiger partial charge on any atom is -0.481 e. The molecule has 0 spiro atoms. The highest BCUT2D eigenvalue weighted by atomic mass is 19.2. The SMILES string of the molecule is N[C@@H](CC(=O)N1CCC[C@H]1C(=O)NCc1ccccc1CC(=O)O)Cc1ccc(F)c(F)c1. The van der Waals surface area contributed by atoms with Gasteiger partial charge >= 0.3 is 5.97 Å². The van der Waals surface area contributed by atoms with Crippen molar-refractivity contribution in [2.75, 3.05) is 6.54 Å². The first-order chi connectivity index (χ1) is 15.7. The number of carbonyl (C=O) groups is 3. The maximum Gasteiger partial charge on any atom is 0.307 e. The average molecular weight is 459 g/mol. The largest absolute Gasteiger partial charge is 0.481 e. The van der Waals surface area contributed by atoms with Crippen LogP contribution in [0.15, 0.2) is 42.5 Å². The van der Waals surface area contributed by atoms with E-state index in [1.54, 1.807) is 24.3 Å². The molecule has 0 unspecified atom stereocenters. The maximum absolute atomic E-state index is 13.4. The van der Waals surface area contributed by atoms with Gasteiger partial charge < -0.3 is 21.1 Å². The van der Waals surface area contributed by atoms with Crippen molar-refractivity contribution in [3.63, 3.8) is 0 Å². The maximum atomic E-state index is 13.4. The number of hydrogen-bond acceptors (Lipinski definition) is 4. The second-order valence-corrected chi connectivity index (χ2v) is 8.22. The van der Waals surface area contributed by atoms with Gasteiger partial charge in [0.15, 0.2) is 11.6 Å². The quantitative estimate of drug-likeness (QED) is 0.532. The number of hydrogen-bond donors (Lipinski definition) is 3. The zero-order chi connectivity index (χ0) is 24.0. The number of aliphatic carboxylic acids is 1. The molecule has 0 aliphatic carbocycles. The molecule has 0 bridgehead atoms. The lowest BCUT2D eigenvalue weighted by Crippen LogP contribution is -2.47. The van der Waals surface area contributed by atoms with Gasteiger partial charge in [-0.15, -0.1) is 0 Å². The van der Waals surface area contributed by atoms with E-state index in [4.69, 9.17) is 10.8 Å². The highest BCUT2D eigenvalue weighted by Gasteiger charge is 2.34. The first-order valence-corrected chi connectivity index (χ1v) is 10.8. The molecule has 9 heteroatoms. The van der Waals surface area contributed by atoms with Crippen molar-refractivity contribution in [1.82, 2.24) is 10.2 Å². The number of rotatable bonds is 9. The first-order valence-electron chi connectivity index (χ1n) is 10.8. The number of likely N-dealkylation sites (tertiary alicyclic amines) is 1. The fourth-order valence-corrected chi connectivity index (χ4v) is 4.09. The summed E-state index contributed by atoms with van der Waals surface area (Å²) in [7, 11) is 0. The second-order valence-electron chi connectivity index (χ2n) is 8.22. The molecule has 1 aliphatic heterocycles. The highest BCUT2D eigenvalue weighted by Crippen LogP contribution is 2.20. The molecule has 0 radical (unpaired) electrons. The van der Waals surface area contributed by atoms with Gasteiger partial charge in [-0.3, -0.25) is 14.4 Å². The van der Waals surface area contributed by atoms with Gasteiger partial charge in [-0.2, -0.15) is 0 Å². The minimum atomic E-state index is -0.966. The molecule has 1 saturated heterocycles. The van der Waals surface area contributed by atoms with Crippen LogP contribution >= 0.6 is 0 Å². The van der Waals surface area contributed by atoms with Crippen LogP contribution < -0.4 is 11.1 Å². The van der Waals surface area contributed by atoms with Crippen molar-refractivity contribution in [3.8, 4) is 0 Å². The van der Waals surface area contributed by atoms with Crippen molar-refractivity contribution in [2.45, 2.75) is 50.7 Å². The number of nitrogens with two attached hydrogens (primary N) is 1. The normalized spacial score (nSPS) is 16.5. The summed E-state index contributed by atoms with van der Waals surface area (Å²) in [5, 5.41) is 11.9. The third kappa shape index (κ3) is 6.58. The monoisotopic (exact) mass is 459 g/mol.